The molecule has 251 valence electrons. The van der Waals surface area contributed by atoms with Crippen molar-refractivity contribution < 1.29 is 17.1 Å². The summed E-state index contributed by atoms with van der Waals surface area (Å²) in [5.74, 6) is 1.68. The molecule has 7 aromatic rings. The van der Waals surface area contributed by atoms with Gasteiger partial charge in [-0.05, 0) is 70.1 Å². The van der Waals surface area contributed by atoms with Gasteiger partial charge >= 0.3 is 17.1 Å². The molecule has 9 heterocycles. The smallest absolute Gasteiger partial charge is 0.357 e. The van der Waals surface area contributed by atoms with Gasteiger partial charge in [-0.15, -0.1) is 0 Å². The second-order valence-electron chi connectivity index (χ2n) is 12.1. The average molecular weight is 808 g/mol. The molecular weight excluding hydrogens is 800 g/mol. The molecule has 21 heteroatoms. The first kappa shape index (κ1) is 29.6. The largest absolute Gasteiger partial charge is 2.00 e. The van der Waals surface area contributed by atoms with Gasteiger partial charge in [0.1, 0.15) is 45.5 Å². The second-order valence-corrected chi connectivity index (χ2v) is 14.2. The van der Waals surface area contributed by atoms with Crippen molar-refractivity contribution >= 4 is 135 Å². The van der Waals surface area contributed by atoms with Crippen LogP contribution in [-0.4, -0.2) is 29.9 Å². The van der Waals surface area contributed by atoms with Crippen molar-refractivity contribution in [3.05, 3.63) is 48.5 Å². The van der Waals surface area contributed by atoms with Gasteiger partial charge < -0.3 is 29.9 Å². The Morgan fingerprint density at radius 1 is 0.302 bits per heavy atom. The fourth-order valence-electron chi connectivity index (χ4n) is 6.77. The topological polar surface area (TPSA) is 204 Å². The van der Waals surface area contributed by atoms with Crippen LogP contribution in [-0.2, 0) is 62.5 Å². The van der Waals surface area contributed by atoms with Gasteiger partial charge in [0.15, 0.2) is 0 Å². The van der Waals surface area contributed by atoms with Crippen LogP contribution < -0.4 is 9.97 Å². The third-order valence-corrected chi connectivity index (χ3v) is 11.4. The maximum atomic E-state index is 5.08. The summed E-state index contributed by atoms with van der Waals surface area (Å²) in [6, 6.07) is 15.5. The SMILES string of the molecule is [Cu+2].c1c2c(cc3c1-c1nc-3nc3[n-]c(nc4nc(nc5[n-]c(n1)c1cc6c(cc51)N=S=N6)-c1cc5c(cc1-4)N=S=N5)c1cc4c(cc31)N=S=N4)N=S=N2. The summed E-state index contributed by atoms with van der Waals surface area (Å²) in [6.07, 6.45) is 0. The number of nitrogens with zero attached hydrogens (tertiary/aromatic N) is 16. The summed E-state index contributed by atoms with van der Waals surface area (Å²) < 4.78 is 35.9. The van der Waals surface area contributed by atoms with Gasteiger partial charge in [-0.1, -0.05) is 0 Å². The van der Waals surface area contributed by atoms with E-state index in [1.807, 2.05) is 48.5 Å². The zero-order valence-electron chi connectivity index (χ0n) is 25.7. The van der Waals surface area contributed by atoms with Crippen LogP contribution in [0.5, 0.6) is 0 Å². The first-order chi connectivity index (χ1) is 25.7. The van der Waals surface area contributed by atoms with E-state index in [2.05, 4.69) is 34.9 Å². The minimum atomic E-state index is 0. The molecule has 4 aromatic carbocycles. The molecule has 6 aliphatic heterocycles. The Labute approximate surface area is 319 Å². The molecule has 0 amide bonds. The standard InChI is InChI=1S/C32H8N16S4.Cu/c1-9-10(2-18-17(1)41-49-42-18)26-33-25(9)37-27-11-3-19-20(44-50-43-19)4-12(11)29(34-27)39-31-15-7-23-24(48-52-47-23)8-16(15)32(36-31)40-30-14-6-22-21(45-51-46-22)5-13(14)28(35-30)38-26;/h1-8H;/q-2;+2. The van der Waals surface area contributed by atoms with Gasteiger partial charge in [0, 0.05) is 44.8 Å². The minimum absolute atomic E-state index is 0. The first-order valence-electron chi connectivity index (χ1n) is 15.4. The average Bonchev–Trinajstić information content (AvgIpc) is 4.01. The molecule has 0 fully saturated rings. The van der Waals surface area contributed by atoms with E-state index in [1.54, 1.807) is 0 Å². The fraction of sp³-hybridized carbons (Fsp3) is 0. The number of benzene rings is 4. The van der Waals surface area contributed by atoms with Gasteiger partial charge in [0.05, 0.1) is 68.7 Å². The van der Waals surface area contributed by atoms with E-state index in [4.69, 9.17) is 39.9 Å². The van der Waals surface area contributed by atoms with Crippen LogP contribution in [0.4, 0.5) is 45.5 Å². The predicted molar refractivity (Wildman–Crippen MR) is 200 cm³/mol. The third-order valence-electron chi connectivity index (χ3n) is 9.19. The van der Waals surface area contributed by atoms with E-state index < -0.39 is 0 Å². The molecule has 16 nitrogen and oxygen atoms in total. The molecule has 0 saturated carbocycles. The quantitative estimate of drug-likeness (QED) is 0.135. The maximum Gasteiger partial charge on any atom is 2.00 e. The molecule has 8 bridgehead atoms. The number of fused-ring (bicyclic) bond motifs is 24. The molecule has 1 radical (unpaired) electrons. The van der Waals surface area contributed by atoms with Crippen LogP contribution in [0, 0.1) is 0 Å². The number of rotatable bonds is 0. The molecule has 6 aliphatic rings. The summed E-state index contributed by atoms with van der Waals surface area (Å²) in [5.41, 5.74) is 10.5. The molecule has 53 heavy (non-hydrogen) atoms. The van der Waals surface area contributed by atoms with Crippen LogP contribution in [0.1, 0.15) is 0 Å². The monoisotopic (exact) mass is 807 g/mol. The van der Waals surface area contributed by atoms with Crippen molar-refractivity contribution in [3.63, 3.8) is 0 Å². The third kappa shape index (κ3) is 4.19. The van der Waals surface area contributed by atoms with Crippen molar-refractivity contribution in [2.75, 3.05) is 0 Å². The van der Waals surface area contributed by atoms with Crippen molar-refractivity contribution in [1.82, 2.24) is 39.9 Å². The van der Waals surface area contributed by atoms with E-state index in [0.29, 0.717) is 45.9 Å². The van der Waals surface area contributed by atoms with Crippen molar-refractivity contribution in [2.45, 2.75) is 0 Å². The van der Waals surface area contributed by atoms with Crippen LogP contribution in [0.25, 0.3) is 89.7 Å². The van der Waals surface area contributed by atoms with E-state index in [0.717, 1.165) is 135 Å². The Kier molecular flexibility index (Phi) is 5.90. The van der Waals surface area contributed by atoms with Crippen LogP contribution in [0.3, 0.4) is 0 Å². The molecule has 13 rings (SSSR count). The number of hydrogen-bond acceptors (Lipinski definition) is 14. The summed E-state index contributed by atoms with van der Waals surface area (Å²) in [6.45, 7) is 0. The van der Waals surface area contributed by atoms with Gasteiger partial charge in [0.2, 0.25) is 0 Å². The molecular formula is C32H8CuN16S4. The van der Waals surface area contributed by atoms with Gasteiger partial charge in [-0.2, -0.15) is 34.9 Å². The summed E-state index contributed by atoms with van der Waals surface area (Å²) in [7, 11) is 0. The normalized spacial score (nSPS) is 14.2. The van der Waals surface area contributed by atoms with Crippen LogP contribution in [0.15, 0.2) is 83.4 Å². The molecule has 0 spiro atoms. The van der Waals surface area contributed by atoms with E-state index >= 15 is 0 Å². The Morgan fingerprint density at radius 2 is 0.528 bits per heavy atom. The Hall–Kier alpha value is -5.96. The molecule has 0 N–H and O–H groups in total. The van der Waals surface area contributed by atoms with Gasteiger partial charge in [0.25, 0.3) is 0 Å². The molecule has 0 saturated heterocycles. The number of hydrogen-bond donors (Lipinski definition) is 0. The Morgan fingerprint density at radius 3 is 0.774 bits per heavy atom. The van der Waals surface area contributed by atoms with Crippen molar-refractivity contribution in [2.24, 2.45) is 34.9 Å². The predicted octanol–water partition coefficient (Wildman–Crippen LogP) is 9.03. The van der Waals surface area contributed by atoms with Crippen LogP contribution >= 0.6 is 0 Å². The fourth-order valence-corrected chi connectivity index (χ4v) is 8.81. The molecule has 3 aromatic heterocycles. The first-order valence-corrected chi connectivity index (χ1v) is 18.4. The van der Waals surface area contributed by atoms with E-state index in [9.17, 15) is 0 Å². The zero-order chi connectivity index (χ0) is 33.7. The van der Waals surface area contributed by atoms with Crippen molar-refractivity contribution in [3.8, 4) is 45.6 Å². The second kappa shape index (κ2) is 10.6. The Balaban J connectivity index is 0.00000315. The van der Waals surface area contributed by atoms with Gasteiger partial charge in [-0.3, -0.25) is 0 Å². The Bertz CT molecular complexity index is 3060. The number of aromatic nitrogens is 8. The summed E-state index contributed by atoms with van der Waals surface area (Å²) in [5, 5.41) is 2.98. The summed E-state index contributed by atoms with van der Waals surface area (Å²) in [4.78, 5) is 40.2. The molecule has 0 aliphatic carbocycles. The maximum absolute atomic E-state index is 5.08. The van der Waals surface area contributed by atoms with Gasteiger partial charge in [-0.25, -0.2) is 9.97 Å². The molecule has 0 unspecified atom stereocenters. The molecule has 0 atom stereocenters. The van der Waals surface area contributed by atoms with E-state index in [-0.39, 0.29) is 17.1 Å². The zero-order valence-corrected chi connectivity index (χ0v) is 29.9. The minimum Gasteiger partial charge on any atom is -0.357 e. The van der Waals surface area contributed by atoms with Crippen molar-refractivity contribution in [1.29, 1.82) is 0 Å². The van der Waals surface area contributed by atoms with E-state index in [1.165, 1.54) is 0 Å². The summed E-state index contributed by atoms with van der Waals surface area (Å²) >= 11 is 4.57. The van der Waals surface area contributed by atoms with Crippen LogP contribution in [0.2, 0.25) is 0 Å².